The van der Waals surface area contributed by atoms with Crippen molar-refractivity contribution in [2.24, 2.45) is 29.6 Å². The minimum Gasteiger partial charge on any atom is -0.380 e. The third kappa shape index (κ3) is 1.62. The molecule has 16 heavy (non-hydrogen) atoms. The van der Waals surface area contributed by atoms with Gasteiger partial charge in [0.2, 0.25) is 0 Å². The average Bonchev–Trinajstić information content (AvgIpc) is 2.73. The normalized spacial score (nSPS) is 45.8. The zero-order valence-corrected chi connectivity index (χ0v) is 10.6. The molecular formula is C14H25NO. The van der Waals surface area contributed by atoms with Gasteiger partial charge in [0.25, 0.3) is 0 Å². The Morgan fingerprint density at radius 2 is 1.88 bits per heavy atom. The molecule has 5 atom stereocenters. The predicted octanol–water partition coefficient (Wildman–Crippen LogP) is 2.29. The van der Waals surface area contributed by atoms with Crippen LogP contribution in [0, 0.1) is 29.6 Å². The number of nitrogens with one attached hydrogen (secondary N) is 1. The summed E-state index contributed by atoms with van der Waals surface area (Å²) in [5.41, 5.74) is 0. The van der Waals surface area contributed by atoms with Crippen molar-refractivity contribution in [1.29, 1.82) is 0 Å². The van der Waals surface area contributed by atoms with Gasteiger partial charge in [0.05, 0.1) is 6.61 Å². The van der Waals surface area contributed by atoms with Gasteiger partial charge in [0.15, 0.2) is 0 Å². The molecule has 3 rings (SSSR count). The second-order valence-electron chi connectivity index (χ2n) is 5.89. The Morgan fingerprint density at radius 1 is 1.19 bits per heavy atom. The summed E-state index contributed by atoms with van der Waals surface area (Å²) in [4.78, 5) is 0. The van der Waals surface area contributed by atoms with Crippen molar-refractivity contribution < 1.29 is 4.74 Å². The molecule has 0 saturated heterocycles. The molecule has 1 N–H and O–H groups in total. The molecule has 5 unspecified atom stereocenters. The van der Waals surface area contributed by atoms with E-state index in [1.807, 2.05) is 0 Å². The monoisotopic (exact) mass is 223 g/mol. The Morgan fingerprint density at radius 3 is 2.44 bits per heavy atom. The third-order valence-corrected chi connectivity index (χ3v) is 5.23. The lowest BCUT2D eigenvalue weighted by molar-refractivity contribution is 0.110. The van der Waals surface area contributed by atoms with E-state index in [9.17, 15) is 0 Å². The second kappa shape index (κ2) is 4.30. The van der Waals surface area contributed by atoms with E-state index in [4.69, 9.17) is 4.74 Å². The first kappa shape index (κ1) is 11.0. The average molecular weight is 223 g/mol. The molecule has 3 fully saturated rings. The number of rotatable bonds is 6. The Kier molecular flexibility index (Phi) is 2.97. The quantitative estimate of drug-likeness (QED) is 0.746. The van der Waals surface area contributed by atoms with Crippen molar-refractivity contribution >= 4 is 0 Å². The van der Waals surface area contributed by atoms with Crippen molar-refractivity contribution in [2.75, 3.05) is 19.8 Å². The van der Waals surface area contributed by atoms with Crippen LogP contribution in [0.1, 0.15) is 33.1 Å². The SMILES string of the molecule is CCNC(COCC)C1C2C3CCC(C3)C21. The van der Waals surface area contributed by atoms with Gasteiger partial charge in [0, 0.05) is 12.6 Å². The maximum Gasteiger partial charge on any atom is 0.0622 e. The fourth-order valence-corrected chi connectivity index (χ4v) is 4.74. The van der Waals surface area contributed by atoms with Crippen LogP contribution in [0.4, 0.5) is 0 Å². The Hall–Kier alpha value is -0.0800. The second-order valence-corrected chi connectivity index (χ2v) is 5.89. The summed E-state index contributed by atoms with van der Waals surface area (Å²) in [6.45, 7) is 7.19. The number of ether oxygens (including phenoxy) is 1. The molecule has 0 radical (unpaired) electrons. The van der Waals surface area contributed by atoms with Gasteiger partial charge in [-0.05, 0) is 62.3 Å². The van der Waals surface area contributed by atoms with E-state index >= 15 is 0 Å². The number of fused-ring (bicyclic) bond motifs is 5. The molecule has 0 spiro atoms. The minimum absolute atomic E-state index is 0.642. The fourth-order valence-electron chi connectivity index (χ4n) is 4.74. The lowest BCUT2D eigenvalue weighted by atomic mass is 9.97. The van der Waals surface area contributed by atoms with Crippen LogP contribution in [0.25, 0.3) is 0 Å². The topological polar surface area (TPSA) is 21.3 Å². The van der Waals surface area contributed by atoms with Crippen LogP contribution in [-0.2, 0) is 4.74 Å². The molecule has 0 aromatic rings. The predicted molar refractivity (Wildman–Crippen MR) is 65.3 cm³/mol. The highest BCUT2D eigenvalue weighted by Gasteiger charge is 2.66. The Balaban J connectivity index is 1.59. The van der Waals surface area contributed by atoms with E-state index < -0.39 is 0 Å². The van der Waals surface area contributed by atoms with E-state index in [1.165, 1.54) is 12.8 Å². The van der Waals surface area contributed by atoms with Gasteiger partial charge in [-0.2, -0.15) is 0 Å². The first-order valence-electron chi connectivity index (χ1n) is 7.18. The molecule has 2 nitrogen and oxygen atoms in total. The molecule has 0 amide bonds. The molecule has 3 saturated carbocycles. The first-order chi connectivity index (χ1) is 7.86. The molecule has 0 aliphatic heterocycles. The summed E-state index contributed by atoms with van der Waals surface area (Å²) in [5.74, 6) is 5.27. The van der Waals surface area contributed by atoms with E-state index in [0.29, 0.717) is 6.04 Å². The van der Waals surface area contributed by atoms with E-state index in [-0.39, 0.29) is 0 Å². The lowest BCUT2D eigenvalue weighted by Crippen LogP contribution is -2.37. The van der Waals surface area contributed by atoms with Crippen molar-refractivity contribution in [1.82, 2.24) is 5.32 Å². The highest BCUT2D eigenvalue weighted by molar-refractivity contribution is 5.15. The van der Waals surface area contributed by atoms with Crippen LogP contribution in [0.5, 0.6) is 0 Å². The summed E-state index contributed by atoms with van der Waals surface area (Å²) in [5, 5.41) is 3.65. The summed E-state index contributed by atoms with van der Waals surface area (Å²) < 4.78 is 5.64. The molecular weight excluding hydrogens is 198 g/mol. The highest BCUT2D eigenvalue weighted by atomic mass is 16.5. The molecule has 3 aliphatic carbocycles. The first-order valence-corrected chi connectivity index (χ1v) is 7.18. The lowest BCUT2D eigenvalue weighted by Gasteiger charge is -2.21. The van der Waals surface area contributed by atoms with Crippen LogP contribution >= 0.6 is 0 Å². The fraction of sp³-hybridized carbons (Fsp3) is 1.00. The number of hydrogen-bond acceptors (Lipinski definition) is 2. The summed E-state index contributed by atoms with van der Waals surface area (Å²) >= 11 is 0. The third-order valence-electron chi connectivity index (χ3n) is 5.23. The zero-order chi connectivity index (χ0) is 11.1. The van der Waals surface area contributed by atoms with Crippen LogP contribution in [0.3, 0.4) is 0 Å². The van der Waals surface area contributed by atoms with Crippen molar-refractivity contribution in [2.45, 2.75) is 39.2 Å². The Bertz CT molecular complexity index is 239. The summed E-state index contributed by atoms with van der Waals surface area (Å²) in [7, 11) is 0. The maximum atomic E-state index is 5.64. The molecule has 92 valence electrons. The highest BCUT2D eigenvalue weighted by Crippen LogP contribution is 2.70. The molecule has 2 bridgehead atoms. The summed E-state index contributed by atoms with van der Waals surface area (Å²) in [6, 6.07) is 0.642. The van der Waals surface area contributed by atoms with Gasteiger partial charge in [-0.15, -0.1) is 0 Å². The Labute approximate surface area is 99.1 Å². The van der Waals surface area contributed by atoms with Crippen LogP contribution in [-0.4, -0.2) is 25.8 Å². The van der Waals surface area contributed by atoms with Crippen LogP contribution in [0.2, 0.25) is 0 Å². The number of hydrogen-bond donors (Lipinski definition) is 1. The van der Waals surface area contributed by atoms with Gasteiger partial charge in [0.1, 0.15) is 0 Å². The maximum absolute atomic E-state index is 5.64. The summed E-state index contributed by atoms with van der Waals surface area (Å²) in [6.07, 6.45) is 4.60. The van der Waals surface area contributed by atoms with Gasteiger partial charge in [-0.1, -0.05) is 6.92 Å². The largest absolute Gasteiger partial charge is 0.380 e. The molecule has 3 aliphatic rings. The minimum atomic E-state index is 0.642. The van der Waals surface area contributed by atoms with Gasteiger partial charge >= 0.3 is 0 Å². The van der Waals surface area contributed by atoms with E-state index in [1.54, 1.807) is 6.42 Å². The van der Waals surface area contributed by atoms with Crippen molar-refractivity contribution in [3.63, 3.8) is 0 Å². The van der Waals surface area contributed by atoms with Gasteiger partial charge in [-0.3, -0.25) is 0 Å². The van der Waals surface area contributed by atoms with E-state index in [0.717, 1.165) is 49.3 Å². The van der Waals surface area contributed by atoms with Crippen molar-refractivity contribution in [3.8, 4) is 0 Å². The van der Waals surface area contributed by atoms with Gasteiger partial charge < -0.3 is 10.1 Å². The zero-order valence-electron chi connectivity index (χ0n) is 10.6. The van der Waals surface area contributed by atoms with E-state index in [2.05, 4.69) is 19.2 Å². The van der Waals surface area contributed by atoms with Crippen LogP contribution in [0.15, 0.2) is 0 Å². The standard InChI is InChI=1S/C14H25NO/c1-3-15-11(8-16-4-2)14-12-9-5-6-10(7-9)13(12)14/h9-15H,3-8H2,1-2H3. The molecule has 0 aromatic carbocycles. The molecule has 0 heterocycles. The molecule has 0 aromatic heterocycles. The van der Waals surface area contributed by atoms with Crippen molar-refractivity contribution in [3.05, 3.63) is 0 Å². The number of likely N-dealkylation sites (N-methyl/N-ethyl adjacent to an activating group) is 1. The molecule has 2 heteroatoms. The smallest absolute Gasteiger partial charge is 0.0622 e. The van der Waals surface area contributed by atoms with Crippen LogP contribution < -0.4 is 5.32 Å². The van der Waals surface area contributed by atoms with Gasteiger partial charge in [-0.25, -0.2) is 0 Å².